The zero-order valence-corrected chi connectivity index (χ0v) is 12.3. The number of nitriles is 1. The van der Waals surface area contributed by atoms with Crippen molar-refractivity contribution in [2.75, 3.05) is 6.54 Å². The maximum Gasteiger partial charge on any atom is 0.261 e. The van der Waals surface area contributed by atoms with Crippen molar-refractivity contribution in [3.8, 4) is 11.8 Å². The first-order valence-corrected chi connectivity index (χ1v) is 6.66. The van der Waals surface area contributed by atoms with E-state index in [-0.39, 0.29) is 24.4 Å². The second kappa shape index (κ2) is 7.90. The van der Waals surface area contributed by atoms with Gasteiger partial charge in [-0.2, -0.15) is 5.26 Å². The van der Waals surface area contributed by atoms with Gasteiger partial charge in [-0.15, -0.1) is 0 Å². The van der Waals surface area contributed by atoms with Crippen molar-refractivity contribution >= 4 is 11.8 Å². The number of hydrogen-bond acceptors (Lipinski definition) is 4. The Hall–Kier alpha value is -2.55. The van der Waals surface area contributed by atoms with E-state index in [0.717, 1.165) is 0 Å². The summed E-state index contributed by atoms with van der Waals surface area (Å²) in [6, 6.07) is 8.48. The molecule has 21 heavy (non-hydrogen) atoms. The number of carbonyl (C=O) groups excluding carboxylic acids is 2. The number of nitrogens with one attached hydrogen (secondary N) is 2. The lowest BCUT2D eigenvalue weighted by atomic mass is 10.2. The van der Waals surface area contributed by atoms with Gasteiger partial charge >= 0.3 is 0 Å². The molecular formula is C15H19N3O3. The largest absolute Gasteiger partial charge is 0.481 e. The van der Waals surface area contributed by atoms with E-state index in [1.54, 1.807) is 31.2 Å². The molecule has 6 nitrogen and oxygen atoms in total. The number of ether oxygens (including phenoxy) is 1. The van der Waals surface area contributed by atoms with Crippen LogP contribution in [0.3, 0.4) is 0 Å². The fourth-order valence-corrected chi connectivity index (χ4v) is 1.55. The molecule has 0 heterocycles. The first kappa shape index (κ1) is 16.5. The minimum Gasteiger partial charge on any atom is -0.481 e. The molecular weight excluding hydrogens is 270 g/mol. The minimum atomic E-state index is -0.732. The Morgan fingerprint density at radius 1 is 1.24 bits per heavy atom. The molecule has 1 aromatic rings. The van der Waals surface area contributed by atoms with Crippen LogP contribution in [-0.4, -0.2) is 30.5 Å². The van der Waals surface area contributed by atoms with Crippen LogP contribution in [0.4, 0.5) is 0 Å². The zero-order valence-electron chi connectivity index (χ0n) is 12.3. The van der Waals surface area contributed by atoms with E-state index in [1.807, 2.05) is 19.9 Å². The highest BCUT2D eigenvalue weighted by Crippen LogP contribution is 2.13. The molecule has 112 valence electrons. The van der Waals surface area contributed by atoms with E-state index in [4.69, 9.17) is 10.00 Å². The normalized spacial score (nSPS) is 11.4. The highest BCUT2D eigenvalue weighted by molar-refractivity contribution is 5.86. The van der Waals surface area contributed by atoms with Crippen LogP contribution in [0, 0.1) is 11.3 Å². The van der Waals surface area contributed by atoms with Crippen molar-refractivity contribution in [3.63, 3.8) is 0 Å². The SMILES string of the molecule is CC(C)NC(=O)CNC(=O)[C@H](C)Oc1ccc(C#N)cc1. The van der Waals surface area contributed by atoms with Gasteiger partial charge in [0.2, 0.25) is 5.91 Å². The fourth-order valence-electron chi connectivity index (χ4n) is 1.55. The summed E-state index contributed by atoms with van der Waals surface area (Å²) in [5, 5.41) is 13.9. The Labute approximate surface area is 124 Å². The Bertz CT molecular complexity index is 532. The molecule has 2 amide bonds. The van der Waals surface area contributed by atoms with Crippen LogP contribution >= 0.6 is 0 Å². The molecule has 1 aromatic carbocycles. The van der Waals surface area contributed by atoms with Crippen LogP contribution in [0.1, 0.15) is 26.3 Å². The molecule has 0 saturated carbocycles. The summed E-state index contributed by atoms with van der Waals surface area (Å²) in [7, 11) is 0. The molecule has 0 saturated heterocycles. The topological polar surface area (TPSA) is 91.2 Å². The minimum absolute atomic E-state index is 0.0294. The maximum absolute atomic E-state index is 11.8. The number of nitrogens with zero attached hydrogens (tertiary/aromatic N) is 1. The van der Waals surface area contributed by atoms with E-state index >= 15 is 0 Å². The van der Waals surface area contributed by atoms with Crippen LogP contribution in [0.15, 0.2) is 24.3 Å². The average Bonchev–Trinajstić information content (AvgIpc) is 2.44. The first-order chi connectivity index (χ1) is 9.92. The molecule has 1 rings (SSSR count). The third-order valence-corrected chi connectivity index (χ3v) is 2.54. The Morgan fingerprint density at radius 2 is 1.86 bits per heavy atom. The summed E-state index contributed by atoms with van der Waals surface area (Å²) in [6.07, 6.45) is -0.732. The Morgan fingerprint density at radius 3 is 2.38 bits per heavy atom. The third kappa shape index (κ3) is 5.95. The molecule has 1 atom stereocenters. The molecule has 0 fully saturated rings. The molecule has 0 aliphatic heterocycles. The third-order valence-electron chi connectivity index (χ3n) is 2.54. The summed E-state index contributed by atoms with van der Waals surface area (Å²) in [5.74, 6) is -0.134. The molecule has 0 unspecified atom stereocenters. The van der Waals surface area contributed by atoms with Crippen molar-refractivity contribution in [2.24, 2.45) is 0 Å². The van der Waals surface area contributed by atoms with E-state index in [2.05, 4.69) is 10.6 Å². The van der Waals surface area contributed by atoms with Gasteiger partial charge in [0.1, 0.15) is 5.75 Å². The van der Waals surface area contributed by atoms with Crippen molar-refractivity contribution < 1.29 is 14.3 Å². The second-order valence-corrected chi connectivity index (χ2v) is 4.84. The Kier molecular flexibility index (Phi) is 6.21. The van der Waals surface area contributed by atoms with Crippen LogP contribution in [-0.2, 0) is 9.59 Å². The average molecular weight is 289 g/mol. The molecule has 2 N–H and O–H groups in total. The van der Waals surface area contributed by atoms with Gasteiger partial charge in [0, 0.05) is 6.04 Å². The second-order valence-electron chi connectivity index (χ2n) is 4.84. The number of hydrogen-bond donors (Lipinski definition) is 2. The van der Waals surface area contributed by atoms with E-state index in [1.165, 1.54) is 0 Å². The Balaban J connectivity index is 2.43. The van der Waals surface area contributed by atoms with Gasteiger partial charge in [0.15, 0.2) is 6.10 Å². The van der Waals surface area contributed by atoms with Gasteiger partial charge in [0.25, 0.3) is 5.91 Å². The van der Waals surface area contributed by atoms with Crippen molar-refractivity contribution in [1.82, 2.24) is 10.6 Å². The number of carbonyl (C=O) groups is 2. The number of rotatable bonds is 6. The highest BCUT2D eigenvalue weighted by atomic mass is 16.5. The van der Waals surface area contributed by atoms with Gasteiger partial charge < -0.3 is 15.4 Å². The molecule has 6 heteroatoms. The summed E-state index contributed by atoms with van der Waals surface area (Å²) in [4.78, 5) is 23.2. The van der Waals surface area contributed by atoms with Crippen molar-refractivity contribution in [3.05, 3.63) is 29.8 Å². The lowest BCUT2D eigenvalue weighted by molar-refractivity contribution is -0.130. The van der Waals surface area contributed by atoms with E-state index in [0.29, 0.717) is 11.3 Å². The first-order valence-electron chi connectivity index (χ1n) is 6.66. The van der Waals surface area contributed by atoms with Crippen LogP contribution in [0.5, 0.6) is 5.75 Å². The summed E-state index contributed by atoms with van der Waals surface area (Å²) < 4.78 is 5.44. The van der Waals surface area contributed by atoms with Gasteiger partial charge in [-0.25, -0.2) is 0 Å². The van der Waals surface area contributed by atoms with Crippen LogP contribution in [0.25, 0.3) is 0 Å². The molecule has 0 bridgehead atoms. The van der Waals surface area contributed by atoms with Crippen molar-refractivity contribution in [1.29, 1.82) is 5.26 Å². The van der Waals surface area contributed by atoms with Crippen LogP contribution in [0.2, 0.25) is 0 Å². The predicted octanol–water partition coefficient (Wildman–Crippen LogP) is 0.966. The zero-order chi connectivity index (χ0) is 15.8. The number of benzene rings is 1. The lowest BCUT2D eigenvalue weighted by Gasteiger charge is -2.15. The molecule has 0 spiro atoms. The molecule has 0 aromatic heterocycles. The predicted molar refractivity (Wildman–Crippen MR) is 77.5 cm³/mol. The molecule has 0 aliphatic rings. The van der Waals surface area contributed by atoms with Gasteiger partial charge in [-0.05, 0) is 45.0 Å². The standard InChI is InChI=1S/C15H19N3O3/c1-10(2)18-14(19)9-17-15(20)11(3)21-13-6-4-12(8-16)5-7-13/h4-7,10-11H,9H2,1-3H3,(H,17,20)(H,18,19)/t11-/m0/s1. The van der Waals surface area contributed by atoms with E-state index in [9.17, 15) is 9.59 Å². The maximum atomic E-state index is 11.8. The van der Waals surface area contributed by atoms with Crippen LogP contribution < -0.4 is 15.4 Å². The highest BCUT2D eigenvalue weighted by Gasteiger charge is 2.15. The smallest absolute Gasteiger partial charge is 0.261 e. The van der Waals surface area contributed by atoms with Gasteiger partial charge in [-0.3, -0.25) is 9.59 Å². The van der Waals surface area contributed by atoms with Crippen molar-refractivity contribution in [2.45, 2.75) is 32.9 Å². The summed E-state index contributed by atoms with van der Waals surface area (Å²) in [5.41, 5.74) is 0.518. The monoisotopic (exact) mass is 289 g/mol. The van der Waals surface area contributed by atoms with Gasteiger partial charge in [0.05, 0.1) is 18.2 Å². The lowest BCUT2D eigenvalue weighted by Crippen LogP contribution is -2.43. The molecule has 0 radical (unpaired) electrons. The fraction of sp³-hybridized carbons (Fsp3) is 0.400. The van der Waals surface area contributed by atoms with Gasteiger partial charge in [-0.1, -0.05) is 0 Å². The summed E-state index contributed by atoms with van der Waals surface area (Å²) in [6.45, 7) is 5.19. The molecule has 0 aliphatic carbocycles. The summed E-state index contributed by atoms with van der Waals surface area (Å²) >= 11 is 0. The van der Waals surface area contributed by atoms with E-state index < -0.39 is 6.10 Å². The number of amides is 2. The quantitative estimate of drug-likeness (QED) is 0.816.